The zero-order valence-corrected chi connectivity index (χ0v) is 26.7. The van der Waals surface area contributed by atoms with Gasteiger partial charge in [-0.1, -0.05) is 45.0 Å². The number of benzene rings is 2. The summed E-state index contributed by atoms with van der Waals surface area (Å²) in [7, 11) is 3.28. The number of ether oxygens (including phenoxy) is 3. The Balaban J connectivity index is 1.80. The van der Waals surface area contributed by atoms with Gasteiger partial charge in [0.05, 0.1) is 18.6 Å². The highest BCUT2D eigenvalue weighted by Crippen LogP contribution is 2.44. The first-order valence-electron chi connectivity index (χ1n) is 14.1. The molecular formula is C34H42N2O5S. The van der Waals surface area contributed by atoms with Crippen molar-refractivity contribution in [3.05, 3.63) is 72.1 Å². The maximum Gasteiger partial charge on any atom is 0.309 e. The van der Waals surface area contributed by atoms with E-state index in [-0.39, 0.29) is 10.9 Å². The Morgan fingerprint density at radius 3 is 2.26 bits per heavy atom. The number of hydrogen-bond acceptors (Lipinski definition) is 6. The summed E-state index contributed by atoms with van der Waals surface area (Å²) in [6.07, 6.45) is 2.17. The summed E-state index contributed by atoms with van der Waals surface area (Å²) in [5.41, 5.74) is 4.31. The summed E-state index contributed by atoms with van der Waals surface area (Å²) >= 11 is 1.77. The molecule has 0 saturated heterocycles. The number of hydrogen-bond donors (Lipinski definition) is 1. The topological polar surface area (TPSA) is 82.8 Å². The standard InChI is InChI=1S/C34H42N2O5S/c1-22(39-7)21-41-26-14-15-28-27(17-26)31(42-33(2,3)4)29(18-34(5,6)32(37)38)36(28)20-23-9-11-24(12-10-23)25-13-16-30(40-8)35-19-25/h9-17,19,22H,18,20-21H2,1-8H3,(H,37,38). The largest absolute Gasteiger partial charge is 0.491 e. The lowest BCUT2D eigenvalue weighted by atomic mass is 9.88. The molecule has 0 fully saturated rings. The van der Waals surface area contributed by atoms with Crippen molar-refractivity contribution < 1.29 is 24.1 Å². The van der Waals surface area contributed by atoms with E-state index in [0.717, 1.165) is 43.9 Å². The lowest BCUT2D eigenvalue weighted by Crippen LogP contribution is -2.28. The van der Waals surface area contributed by atoms with Crippen LogP contribution in [0.3, 0.4) is 0 Å². The Morgan fingerprint density at radius 1 is 1.00 bits per heavy atom. The van der Waals surface area contributed by atoms with Gasteiger partial charge in [0, 0.05) is 64.1 Å². The number of aromatic nitrogens is 2. The van der Waals surface area contributed by atoms with Crippen LogP contribution >= 0.6 is 11.8 Å². The monoisotopic (exact) mass is 590 g/mol. The van der Waals surface area contributed by atoms with Crippen LogP contribution in [-0.4, -0.2) is 52.3 Å². The molecule has 0 saturated carbocycles. The normalized spacial score (nSPS) is 12.9. The molecule has 224 valence electrons. The molecule has 2 aromatic heterocycles. The second-order valence-electron chi connectivity index (χ2n) is 12.3. The molecule has 1 atom stereocenters. The number of rotatable bonds is 12. The van der Waals surface area contributed by atoms with E-state index < -0.39 is 11.4 Å². The molecule has 4 rings (SSSR count). The van der Waals surface area contributed by atoms with Crippen molar-refractivity contribution in [2.45, 2.75) is 70.3 Å². The lowest BCUT2D eigenvalue weighted by Gasteiger charge is -2.24. The summed E-state index contributed by atoms with van der Waals surface area (Å²) in [4.78, 5) is 17.7. The second kappa shape index (κ2) is 12.8. The first kappa shape index (κ1) is 31.4. The van der Waals surface area contributed by atoms with Gasteiger partial charge in [0.25, 0.3) is 0 Å². The summed E-state index contributed by atoms with van der Waals surface area (Å²) < 4.78 is 18.8. The number of methoxy groups -OCH3 is 2. The van der Waals surface area contributed by atoms with Crippen LogP contribution < -0.4 is 9.47 Å². The summed E-state index contributed by atoms with van der Waals surface area (Å²) in [5.74, 6) is 0.527. The molecule has 2 aromatic carbocycles. The molecule has 8 heteroatoms. The third-order valence-electron chi connectivity index (χ3n) is 7.15. The SMILES string of the molecule is COc1ccc(-c2ccc(Cn3c(CC(C)(C)C(=O)O)c(SC(C)(C)C)c4cc(OCC(C)OC)ccc43)cc2)cn1. The Bertz CT molecular complexity index is 1520. The van der Waals surface area contributed by atoms with Crippen LogP contribution in [0, 0.1) is 5.41 Å². The van der Waals surface area contributed by atoms with Gasteiger partial charge < -0.3 is 23.9 Å². The van der Waals surface area contributed by atoms with E-state index in [2.05, 4.69) is 66.7 Å². The first-order chi connectivity index (χ1) is 19.8. The molecule has 1 unspecified atom stereocenters. The van der Waals surface area contributed by atoms with Crippen LogP contribution in [-0.2, 0) is 22.5 Å². The predicted octanol–water partition coefficient (Wildman–Crippen LogP) is 7.72. The molecule has 0 amide bonds. The van der Waals surface area contributed by atoms with Crippen molar-refractivity contribution in [1.29, 1.82) is 0 Å². The van der Waals surface area contributed by atoms with Crippen LogP contribution in [0.4, 0.5) is 0 Å². The number of thioether (sulfide) groups is 1. The molecule has 7 nitrogen and oxygen atoms in total. The molecule has 0 bridgehead atoms. The zero-order chi connectivity index (χ0) is 30.7. The van der Waals surface area contributed by atoms with E-state index in [1.165, 1.54) is 0 Å². The third-order valence-corrected chi connectivity index (χ3v) is 8.42. The predicted molar refractivity (Wildman–Crippen MR) is 170 cm³/mol. The molecule has 0 aliphatic rings. The van der Waals surface area contributed by atoms with Gasteiger partial charge in [0.2, 0.25) is 5.88 Å². The Morgan fingerprint density at radius 2 is 1.69 bits per heavy atom. The average molecular weight is 591 g/mol. The molecule has 0 aliphatic carbocycles. The van der Waals surface area contributed by atoms with Crippen molar-refractivity contribution in [2.75, 3.05) is 20.8 Å². The maximum atomic E-state index is 12.3. The molecule has 0 radical (unpaired) electrons. The van der Waals surface area contributed by atoms with Gasteiger partial charge in [-0.25, -0.2) is 4.98 Å². The first-order valence-corrected chi connectivity index (χ1v) is 15.0. The number of pyridine rings is 1. The van der Waals surface area contributed by atoms with Crippen molar-refractivity contribution >= 4 is 28.6 Å². The smallest absolute Gasteiger partial charge is 0.309 e. The fraction of sp³-hybridized carbons (Fsp3) is 0.412. The minimum absolute atomic E-state index is 0.0303. The van der Waals surface area contributed by atoms with Crippen LogP contribution in [0.2, 0.25) is 0 Å². The Kier molecular flexibility index (Phi) is 9.58. The third kappa shape index (κ3) is 7.47. The highest BCUT2D eigenvalue weighted by Gasteiger charge is 2.33. The van der Waals surface area contributed by atoms with Gasteiger partial charge in [0.1, 0.15) is 12.4 Å². The molecule has 4 aromatic rings. The highest BCUT2D eigenvalue weighted by atomic mass is 32.2. The van der Waals surface area contributed by atoms with Gasteiger partial charge in [0.15, 0.2) is 0 Å². The number of carboxylic acids is 1. The summed E-state index contributed by atoms with van der Waals surface area (Å²) in [5, 5.41) is 11.1. The summed E-state index contributed by atoms with van der Waals surface area (Å²) in [6.45, 7) is 13.1. The fourth-order valence-electron chi connectivity index (χ4n) is 4.65. The second-order valence-corrected chi connectivity index (χ2v) is 14.1. The maximum absolute atomic E-state index is 12.3. The van der Waals surface area contributed by atoms with Crippen molar-refractivity contribution in [3.8, 4) is 22.8 Å². The number of carbonyl (C=O) groups is 1. The van der Waals surface area contributed by atoms with Crippen molar-refractivity contribution in [2.24, 2.45) is 5.41 Å². The summed E-state index contributed by atoms with van der Waals surface area (Å²) in [6, 6.07) is 18.4. The number of nitrogens with zero attached hydrogens (tertiary/aromatic N) is 2. The van der Waals surface area contributed by atoms with Crippen molar-refractivity contribution in [3.63, 3.8) is 0 Å². The van der Waals surface area contributed by atoms with E-state index >= 15 is 0 Å². The minimum atomic E-state index is -0.947. The minimum Gasteiger partial charge on any atom is -0.491 e. The number of aliphatic carboxylic acids is 1. The van der Waals surface area contributed by atoms with E-state index in [0.29, 0.717) is 25.5 Å². The van der Waals surface area contributed by atoms with Crippen LogP contribution in [0.5, 0.6) is 11.6 Å². The van der Waals surface area contributed by atoms with Crippen LogP contribution in [0.25, 0.3) is 22.0 Å². The van der Waals surface area contributed by atoms with Gasteiger partial charge in [-0.15, -0.1) is 11.8 Å². The Hall–Kier alpha value is -3.49. The number of fused-ring (bicyclic) bond motifs is 1. The Labute approximate surface area is 253 Å². The highest BCUT2D eigenvalue weighted by molar-refractivity contribution is 8.00. The zero-order valence-electron chi connectivity index (χ0n) is 25.9. The molecular weight excluding hydrogens is 548 g/mol. The molecule has 2 heterocycles. The van der Waals surface area contributed by atoms with Gasteiger partial charge in [-0.2, -0.15) is 0 Å². The molecule has 1 N–H and O–H groups in total. The fourth-order valence-corrected chi connectivity index (χ4v) is 5.84. The van der Waals surface area contributed by atoms with Gasteiger partial charge >= 0.3 is 5.97 Å². The van der Waals surface area contributed by atoms with Gasteiger partial charge in [-0.3, -0.25) is 4.79 Å². The van der Waals surface area contributed by atoms with E-state index in [1.54, 1.807) is 39.8 Å². The van der Waals surface area contributed by atoms with Gasteiger partial charge in [-0.05, 0) is 56.2 Å². The van der Waals surface area contributed by atoms with Crippen molar-refractivity contribution in [1.82, 2.24) is 9.55 Å². The van der Waals surface area contributed by atoms with E-state index in [4.69, 9.17) is 14.2 Å². The molecule has 42 heavy (non-hydrogen) atoms. The van der Waals surface area contributed by atoms with E-state index in [9.17, 15) is 9.90 Å². The lowest BCUT2D eigenvalue weighted by molar-refractivity contribution is -0.146. The van der Waals surface area contributed by atoms with Crippen LogP contribution in [0.15, 0.2) is 65.7 Å². The average Bonchev–Trinajstić information content (AvgIpc) is 3.21. The van der Waals surface area contributed by atoms with E-state index in [1.807, 2.05) is 31.3 Å². The van der Waals surface area contributed by atoms with Crippen LogP contribution in [0.1, 0.15) is 52.8 Å². The molecule has 0 spiro atoms. The molecule has 0 aliphatic heterocycles. The number of carboxylic acid groups (broad SMARTS) is 1. The quantitative estimate of drug-likeness (QED) is 0.169.